The van der Waals surface area contributed by atoms with E-state index in [2.05, 4.69) is 0 Å². The molecule has 8 heteroatoms. The maximum Gasteiger partial charge on any atom is 0.326 e. The lowest BCUT2D eigenvalue weighted by Crippen LogP contribution is -2.48. The second kappa shape index (κ2) is 6.74. The largest absolute Gasteiger partial charge is 0.480 e. The van der Waals surface area contributed by atoms with E-state index in [0.717, 1.165) is 12.8 Å². The Morgan fingerprint density at radius 3 is 2.73 bits per heavy atom. The van der Waals surface area contributed by atoms with E-state index in [-0.39, 0.29) is 23.0 Å². The van der Waals surface area contributed by atoms with Crippen LogP contribution in [0.15, 0.2) is 18.2 Å². The van der Waals surface area contributed by atoms with E-state index in [0.29, 0.717) is 18.5 Å². The lowest BCUT2D eigenvalue weighted by molar-refractivity contribution is -0.384. The number of hydrogen-bond acceptors (Lipinski definition) is 4. The van der Waals surface area contributed by atoms with Gasteiger partial charge in [-0.15, -0.1) is 0 Å². The number of aliphatic carboxylic acids is 1. The molecule has 1 heterocycles. The topological polar surface area (TPSA) is 101 Å². The summed E-state index contributed by atoms with van der Waals surface area (Å²) in [6.45, 7) is 0.403. The molecule has 2 rings (SSSR count). The zero-order valence-corrected chi connectivity index (χ0v) is 12.5. The number of nitro groups is 1. The molecule has 22 heavy (non-hydrogen) atoms. The van der Waals surface area contributed by atoms with Crippen LogP contribution in [0.4, 0.5) is 5.69 Å². The van der Waals surface area contributed by atoms with Crippen molar-refractivity contribution >= 4 is 29.2 Å². The maximum atomic E-state index is 12.3. The summed E-state index contributed by atoms with van der Waals surface area (Å²) in [5.74, 6) is -1.34. The van der Waals surface area contributed by atoms with Gasteiger partial charge in [0.05, 0.1) is 16.4 Å². The van der Waals surface area contributed by atoms with E-state index >= 15 is 0 Å². The number of carbonyl (C=O) groups is 2. The van der Waals surface area contributed by atoms with Gasteiger partial charge in [-0.2, -0.15) is 0 Å². The molecule has 1 saturated heterocycles. The van der Waals surface area contributed by atoms with Gasteiger partial charge in [-0.25, -0.2) is 4.79 Å². The molecular weight excluding hydrogens is 312 g/mol. The number of nitro benzene ring substituents is 1. The monoisotopic (exact) mass is 326 g/mol. The van der Waals surface area contributed by atoms with Crippen molar-refractivity contribution < 1.29 is 19.6 Å². The van der Waals surface area contributed by atoms with Crippen LogP contribution in [0.25, 0.3) is 0 Å². The molecule has 1 amide bonds. The number of rotatable bonds is 4. The molecule has 1 atom stereocenters. The van der Waals surface area contributed by atoms with Crippen LogP contribution in [-0.4, -0.2) is 39.4 Å². The molecule has 1 unspecified atom stereocenters. The van der Waals surface area contributed by atoms with Crippen LogP contribution in [0, 0.1) is 10.1 Å². The first-order valence-electron chi connectivity index (χ1n) is 6.85. The van der Waals surface area contributed by atoms with Crippen molar-refractivity contribution in [1.82, 2.24) is 4.90 Å². The molecule has 0 radical (unpaired) electrons. The van der Waals surface area contributed by atoms with E-state index in [1.165, 1.54) is 23.1 Å². The van der Waals surface area contributed by atoms with E-state index in [9.17, 15) is 24.8 Å². The van der Waals surface area contributed by atoms with Gasteiger partial charge in [-0.05, 0) is 24.8 Å². The highest BCUT2D eigenvalue weighted by Gasteiger charge is 2.32. The van der Waals surface area contributed by atoms with Gasteiger partial charge in [0.25, 0.3) is 5.69 Å². The first kappa shape index (κ1) is 16.2. The molecule has 1 fully saturated rings. The summed E-state index contributed by atoms with van der Waals surface area (Å²) in [6.07, 6.45) is 1.91. The fraction of sp³-hybridized carbons (Fsp3) is 0.429. The number of benzene rings is 1. The minimum Gasteiger partial charge on any atom is -0.480 e. The molecule has 1 aromatic carbocycles. The summed E-state index contributed by atoms with van der Waals surface area (Å²) in [7, 11) is 0. The van der Waals surface area contributed by atoms with Crippen LogP contribution in [0.5, 0.6) is 0 Å². The number of piperidine rings is 1. The minimum atomic E-state index is -1.01. The number of carboxylic acid groups (broad SMARTS) is 1. The van der Waals surface area contributed by atoms with Crippen molar-refractivity contribution in [2.45, 2.75) is 31.7 Å². The van der Waals surface area contributed by atoms with Crippen molar-refractivity contribution in [2.24, 2.45) is 0 Å². The summed E-state index contributed by atoms with van der Waals surface area (Å²) in [5.41, 5.74) is 0.301. The Balaban J connectivity index is 2.14. The van der Waals surface area contributed by atoms with E-state index in [1.807, 2.05) is 0 Å². The minimum absolute atomic E-state index is 0.0688. The van der Waals surface area contributed by atoms with Gasteiger partial charge < -0.3 is 10.0 Å². The molecule has 1 aromatic rings. The third-order valence-electron chi connectivity index (χ3n) is 3.70. The predicted octanol–water partition coefficient (Wildman–Crippen LogP) is 2.26. The molecule has 1 aliphatic rings. The van der Waals surface area contributed by atoms with Gasteiger partial charge in [-0.3, -0.25) is 14.9 Å². The van der Waals surface area contributed by atoms with Crippen LogP contribution in [-0.2, 0) is 16.0 Å². The number of non-ortho nitro benzene ring substituents is 1. The molecule has 7 nitrogen and oxygen atoms in total. The predicted molar refractivity (Wildman–Crippen MR) is 78.8 cm³/mol. The molecule has 0 spiro atoms. The van der Waals surface area contributed by atoms with E-state index in [4.69, 9.17) is 11.6 Å². The van der Waals surface area contributed by atoms with Gasteiger partial charge >= 0.3 is 5.97 Å². The summed E-state index contributed by atoms with van der Waals surface area (Å²) in [5, 5.41) is 20.0. The SMILES string of the molecule is O=C(O)C1CCCCN1C(=O)Cc1ccc([N+](=O)[O-])cc1Cl. The van der Waals surface area contributed by atoms with Gasteiger partial charge in [0.1, 0.15) is 6.04 Å². The van der Waals surface area contributed by atoms with Crippen molar-refractivity contribution in [3.8, 4) is 0 Å². The highest BCUT2D eigenvalue weighted by Crippen LogP contribution is 2.25. The second-order valence-electron chi connectivity index (χ2n) is 5.15. The van der Waals surface area contributed by atoms with Gasteiger partial charge in [0, 0.05) is 18.7 Å². The average molecular weight is 327 g/mol. The highest BCUT2D eigenvalue weighted by molar-refractivity contribution is 6.31. The van der Waals surface area contributed by atoms with E-state index in [1.54, 1.807) is 0 Å². The number of carboxylic acids is 1. The highest BCUT2D eigenvalue weighted by atomic mass is 35.5. The Kier molecular flexibility index (Phi) is 4.97. The first-order chi connectivity index (χ1) is 10.4. The Hall–Kier alpha value is -2.15. The lowest BCUT2D eigenvalue weighted by Gasteiger charge is -2.33. The molecule has 0 saturated carbocycles. The van der Waals surface area contributed by atoms with Crippen LogP contribution >= 0.6 is 11.6 Å². The Morgan fingerprint density at radius 2 is 2.14 bits per heavy atom. The molecule has 0 bridgehead atoms. The molecule has 0 aliphatic carbocycles. The summed E-state index contributed by atoms with van der Waals surface area (Å²) in [6, 6.07) is 3.09. The molecular formula is C14H15ClN2O5. The number of likely N-dealkylation sites (tertiary alicyclic amines) is 1. The number of carbonyl (C=O) groups excluding carboxylic acids is 1. The second-order valence-corrected chi connectivity index (χ2v) is 5.55. The zero-order valence-electron chi connectivity index (χ0n) is 11.7. The van der Waals surface area contributed by atoms with Gasteiger partial charge in [-0.1, -0.05) is 17.7 Å². The van der Waals surface area contributed by atoms with Crippen LogP contribution in [0.3, 0.4) is 0 Å². The summed E-state index contributed by atoms with van der Waals surface area (Å²) >= 11 is 5.96. The van der Waals surface area contributed by atoms with Gasteiger partial charge in [0.15, 0.2) is 0 Å². The summed E-state index contributed by atoms with van der Waals surface area (Å²) < 4.78 is 0. The molecule has 1 aliphatic heterocycles. The Morgan fingerprint density at radius 1 is 1.41 bits per heavy atom. The first-order valence-corrected chi connectivity index (χ1v) is 7.23. The average Bonchev–Trinajstić information content (AvgIpc) is 2.48. The third kappa shape index (κ3) is 3.54. The maximum absolute atomic E-state index is 12.3. The van der Waals surface area contributed by atoms with Crippen molar-refractivity contribution in [3.63, 3.8) is 0 Å². The van der Waals surface area contributed by atoms with Crippen molar-refractivity contribution in [3.05, 3.63) is 38.9 Å². The van der Waals surface area contributed by atoms with Crippen molar-refractivity contribution in [2.75, 3.05) is 6.54 Å². The van der Waals surface area contributed by atoms with Gasteiger partial charge in [0.2, 0.25) is 5.91 Å². The van der Waals surface area contributed by atoms with Crippen LogP contribution < -0.4 is 0 Å². The number of hydrogen-bond donors (Lipinski definition) is 1. The summed E-state index contributed by atoms with van der Waals surface area (Å²) in [4.78, 5) is 35.0. The van der Waals surface area contributed by atoms with Crippen molar-refractivity contribution in [1.29, 1.82) is 0 Å². The molecule has 118 valence electrons. The molecule has 1 N–H and O–H groups in total. The Bertz CT molecular complexity index is 619. The third-order valence-corrected chi connectivity index (χ3v) is 4.05. The quantitative estimate of drug-likeness (QED) is 0.675. The standard InChI is InChI=1S/C14H15ClN2O5/c15-11-8-10(17(21)22)5-4-9(11)7-13(18)16-6-2-1-3-12(16)14(19)20/h4-5,8,12H,1-3,6-7H2,(H,19,20). The van der Waals surface area contributed by atoms with Crippen LogP contribution in [0.2, 0.25) is 5.02 Å². The molecule has 0 aromatic heterocycles. The fourth-order valence-electron chi connectivity index (χ4n) is 2.54. The smallest absolute Gasteiger partial charge is 0.326 e. The normalized spacial score (nSPS) is 18.0. The number of amides is 1. The Labute approximate surface area is 131 Å². The fourth-order valence-corrected chi connectivity index (χ4v) is 2.79. The number of halogens is 1. The zero-order chi connectivity index (χ0) is 16.3. The van der Waals surface area contributed by atoms with Crippen LogP contribution in [0.1, 0.15) is 24.8 Å². The van der Waals surface area contributed by atoms with E-state index < -0.39 is 16.9 Å². The number of nitrogens with zero attached hydrogens (tertiary/aromatic N) is 2. The lowest BCUT2D eigenvalue weighted by atomic mass is 10.0.